The highest BCUT2D eigenvalue weighted by atomic mass is 16.2. The largest absolute Gasteiger partial charge is 0.361 e. The van der Waals surface area contributed by atoms with Crippen molar-refractivity contribution in [1.29, 1.82) is 0 Å². The third-order valence-electron chi connectivity index (χ3n) is 2.27. The third-order valence-corrected chi connectivity index (χ3v) is 2.27. The summed E-state index contributed by atoms with van der Waals surface area (Å²) in [6, 6.07) is 7.20. The minimum absolute atomic E-state index is 0.0121. The van der Waals surface area contributed by atoms with E-state index in [0.29, 0.717) is 5.56 Å². The molecule has 1 N–H and O–H groups in total. The van der Waals surface area contributed by atoms with Crippen molar-refractivity contribution in [2.75, 3.05) is 14.0 Å². The van der Waals surface area contributed by atoms with E-state index < -0.39 is 19.9 Å². The number of hydrogen-bond donors (Lipinski definition) is 1. The van der Waals surface area contributed by atoms with Gasteiger partial charge in [-0.25, -0.2) is 0 Å². The van der Waals surface area contributed by atoms with Gasteiger partial charge in [-0.2, -0.15) is 0 Å². The number of amides is 1. The number of fused-ring (bicyclic) bond motifs is 1. The van der Waals surface area contributed by atoms with Crippen LogP contribution >= 0.6 is 0 Å². The zero-order valence-corrected chi connectivity index (χ0v) is 7.95. The highest BCUT2D eigenvalue weighted by Gasteiger charge is 2.09. The van der Waals surface area contributed by atoms with E-state index in [9.17, 15) is 4.79 Å². The minimum Gasteiger partial charge on any atom is -0.361 e. The maximum atomic E-state index is 12.1. The van der Waals surface area contributed by atoms with Crippen molar-refractivity contribution in [3.05, 3.63) is 36.0 Å². The van der Waals surface area contributed by atoms with Crippen LogP contribution in [0, 0.1) is 0 Å². The number of nitrogens with one attached hydrogen (secondary N) is 1. The molecule has 1 heterocycles. The molecule has 0 unspecified atom stereocenters. The number of H-pyrrole nitrogens is 1. The van der Waals surface area contributed by atoms with Crippen LogP contribution in [0.5, 0.6) is 0 Å². The van der Waals surface area contributed by atoms with Crippen LogP contribution in [0.15, 0.2) is 30.5 Å². The van der Waals surface area contributed by atoms with E-state index in [2.05, 4.69) is 4.98 Å². The van der Waals surface area contributed by atoms with Crippen molar-refractivity contribution in [2.24, 2.45) is 0 Å². The number of benzene rings is 1. The van der Waals surface area contributed by atoms with Crippen molar-refractivity contribution < 1.29 is 13.0 Å². The van der Waals surface area contributed by atoms with E-state index in [0.717, 1.165) is 10.9 Å². The number of aromatic amines is 1. The molecule has 1 aromatic carbocycles. The molecule has 78 valence electrons. The van der Waals surface area contributed by atoms with Crippen LogP contribution in [-0.2, 0) is 11.2 Å². The van der Waals surface area contributed by atoms with E-state index in [1.54, 1.807) is 18.3 Å². The number of carbonyl (C=O) groups is 1. The fraction of sp³-hybridized carbons (Fsp3) is 0.250. The first-order valence-electron chi connectivity index (χ1n) is 7.49. The normalized spacial score (nSPS) is 18.1. The smallest absolute Gasteiger partial charge is 0.226 e. The van der Waals surface area contributed by atoms with Crippen LogP contribution < -0.4 is 0 Å². The topological polar surface area (TPSA) is 36.1 Å². The number of nitrogens with zero attached hydrogens (tertiary/aromatic N) is 1. The molecule has 0 fully saturated rings. The number of likely N-dealkylation sites (N-methyl/N-ethyl adjacent to an activating group) is 1. The number of carbonyl (C=O) groups excluding carboxylic acids is 1. The van der Waals surface area contributed by atoms with Crippen molar-refractivity contribution >= 4 is 16.8 Å². The van der Waals surface area contributed by atoms with Gasteiger partial charge in [0.1, 0.15) is 0 Å². The predicted molar refractivity (Wildman–Crippen MR) is 60.7 cm³/mol. The zero-order chi connectivity index (χ0) is 15.8. The zero-order valence-electron chi connectivity index (χ0n) is 13.9. The van der Waals surface area contributed by atoms with Crippen molar-refractivity contribution in [1.82, 2.24) is 9.88 Å². The molecule has 0 radical (unpaired) electrons. The molecular formula is C12H14N2O. The summed E-state index contributed by atoms with van der Waals surface area (Å²) < 4.78 is 43.4. The van der Waals surface area contributed by atoms with Gasteiger partial charge in [0, 0.05) is 39.3 Å². The Morgan fingerprint density at radius 1 is 1.47 bits per heavy atom. The average molecular weight is 208 g/mol. The number of aromatic nitrogens is 1. The SMILES string of the molecule is [2H]C([2H])([2H])N(C(=O)Cc1c[nH]c2ccccc12)C([2H])([2H])[2H]. The standard InChI is InChI=1S/C12H14N2O/c1-14(2)12(15)7-9-8-13-11-6-4-3-5-10(9)11/h3-6,8,13H,7H2,1-2H3/i1D3,2D3. The van der Waals surface area contributed by atoms with E-state index in [1.807, 2.05) is 12.1 Å². The molecule has 1 amide bonds. The quantitative estimate of drug-likeness (QED) is 0.802. The van der Waals surface area contributed by atoms with Gasteiger partial charge in [0.05, 0.1) is 6.42 Å². The predicted octanol–water partition coefficient (Wildman–Crippen LogP) is 1.80. The molecular weight excluding hydrogens is 188 g/mol. The Labute approximate surface area is 97.1 Å². The van der Waals surface area contributed by atoms with E-state index in [1.165, 1.54) is 0 Å². The van der Waals surface area contributed by atoms with E-state index in [4.69, 9.17) is 8.22 Å². The number of hydrogen-bond acceptors (Lipinski definition) is 1. The molecule has 0 aliphatic rings. The number of rotatable bonds is 2. The van der Waals surface area contributed by atoms with Gasteiger partial charge in [-0.3, -0.25) is 4.79 Å². The molecule has 3 nitrogen and oxygen atoms in total. The molecule has 1 aromatic heterocycles. The van der Waals surface area contributed by atoms with Gasteiger partial charge < -0.3 is 9.88 Å². The summed E-state index contributed by atoms with van der Waals surface area (Å²) in [5, 5.41) is 0.766. The molecule has 2 rings (SSSR count). The fourth-order valence-electron chi connectivity index (χ4n) is 1.52. The molecule has 0 atom stereocenters. The molecule has 15 heavy (non-hydrogen) atoms. The van der Waals surface area contributed by atoms with Gasteiger partial charge in [0.15, 0.2) is 0 Å². The summed E-state index contributed by atoms with van der Waals surface area (Å²) in [4.78, 5) is 15.1. The lowest BCUT2D eigenvalue weighted by Gasteiger charge is -2.08. The van der Waals surface area contributed by atoms with Crippen molar-refractivity contribution in [3.8, 4) is 0 Å². The van der Waals surface area contributed by atoms with Gasteiger partial charge >= 0.3 is 0 Å². The van der Waals surface area contributed by atoms with Crippen molar-refractivity contribution in [3.63, 3.8) is 0 Å². The minimum atomic E-state index is -3.01. The first kappa shape index (κ1) is 4.84. The highest BCUT2D eigenvalue weighted by Crippen LogP contribution is 2.18. The second-order valence-electron chi connectivity index (χ2n) is 3.27. The summed E-state index contributed by atoms with van der Waals surface area (Å²) >= 11 is 0. The highest BCUT2D eigenvalue weighted by molar-refractivity contribution is 5.88. The van der Waals surface area contributed by atoms with E-state index >= 15 is 0 Å². The molecule has 0 bridgehead atoms. The fourth-order valence-corrected chi connectivity index (χ4v) is 1.52. The van der Waals surface area contributed by atoms with Crippen LogP contribution in [0.1, 0.15) is 13.8 Å². The molecule has 0 saturated heterocycles. The monoisotopic (exact) mass is 208 g/mol. The molecule has 3 heteroatoms. The number of para-hydroxylation sites is 1. The Kier molecular flexibility index (Phi) is 1.21. The summed E-state index contributed by atoms with van der Waals surface area (Å²) in [5.41, 5.74) is 1.36. The summed E-state index contributed by atoms with van der Waals surface area (Å²) in [6.45, 7) is -6.01. The Hall–Kier alpha value is -1.77. The summed E-state index contributed by atoms with van der Waals surface area (Å²) in [6.07, 6.45) is 1.29. The second kappa shape index (κ2) is 3.77. The lowest BCUT2D eigenvalue weighted by molar-refractivity contribution is -0.127. The first-order valence-corrected chi connectivity index (χ1v) is 4.49. The Bertz CT molecular complexity index is 644. The molecule has 2 aromatic rings. The molecule has 0 saturated carbocycles. The van der Waals surface area contributed by atoms with E-state index in [-0.39, 0.29) is 11.3 Å². The van der Waals surface area contributed by atoms with Gasteiger partial charge in [0.25, 0.3) is 0 Å². The van der Waals surface area contributed by atoms with Gasteiger partial charge in [-0.05, 0) is 11.6 Å². The third kappa shape index (κ3) is 1.86. The summed E-state index contributed by atoms with van der Waals surface area (Å²) in [5.74, 6) is -0.959. The van der Waals surface area contributed by atoms with Crippen LogP contribution in [0.2, 0.25) is 0 Å². The van der Waals surface area contributed by atoms with Crippen LogP contribution in [0.4, 0.5) is 0 Å². The maximum absolute atomic E-state index is 12.1. The first-order chi connectivity index (χ1) is 9.60. The Morgan fingerprint density at radius 2 is 2.27 bits per heavy atom. The van der Waals surface area contributed by atoms with Crippen LogP contribution in [0.3, 0.4) is 0 Å². The Morgan fingerprint density at radius 3 is 3.07 bits per heavy atom. The molecule has 0 aliphatic heterocycles. The van der Waals surface area contributed by atoms with Crippen LogP contribution in [0.25, 0.3) is 10.9 Å². The summed E-state index contributed by atoms with van der Waals surface area (Å²) in [7, 11) is 0. The lowest BCUT2D eigenvalue weighted by Crippen LogP contribution is -2.23. The Balaban J connectivity index is 2.31. The van der Waals surface area contributed by atoms with Crippen molar-refractivity contribution in [2.45, 2.75) is 6.42 Å². The molecule has 0 spiro atoms. The lowest BCUT2D eigenvalue weighted by atomic mass is 10.1. The maximum Gasteiger partial charge on any atom is 0.226 e. The van der Waals surface area contributed by atoms with Gasteiger partial charge in [-0.15, -0.1) is 0 Å². The second-order valence-corrected chi connectivity index (χ2v) is 3.27. The molecule has 0 aliphatic carbocycles. The van der Waals surface area contributed by atoms with Gasteiger partial charge in [-0.1, -0.05) is 18.2 Å². The van der Waals surface area contributed by atoms with Gasteiger partial charge in [0.2, 0.25) is 5.91 Å². The van der Waals surface area contributed by atoms with Crippen LogP contribution in [-0.4, -0.2) is 29.7 Å². The average Bonchev–Trinajstić information content (AvgIpc) is 2.69.